The van der Waals surface area contributed by atoms with Crippen LogP contribution in [0, 0.1) is 23.2 Å². The molecule has 5 aliphatic rings. The normalized spacial score (nSPS) is 33.1. The zero-order valence-electron chi connectivity index (χ0n) is 17.1. The Hall–Kier alpha value is -1.61. The zero-order chi connectivity index (χ0) is 19.8. The lowest BCUT2D eigenvalue weighted by Crippen LogP contribution is -2.55. The van der Waals surface area contributed by atoms with Gasteiger partial charge in [-0.05, 0) is 112 Å². The molecule has 2 aromatic rings. The standard InChI is InChI=1S/C25H29ClN2O/c1-14(25-11-15-7-16(12-25)9-17(8-15)13-25)27-24(29)23-19-3-2-4-21(19)28-22-6-5-18(26)10-20(22)23/h5-6,10,14-17H,2-4,7-9,11-13H2,1H3,(H,27,29). The van der Waals surface area contributed by atoms with Gasteiger partial charge in [0, 0.05) is 22.1 Å². The Morgan fingerprint density at radius 1 is 1.14 bits per heavy atom. The first-order valence-corrected chi connectivity index (χ1v) is 11.8. The summed E-state index contributed by atoms with van der Waals surface area (Å²) in [5.74, 6) is 2.77. The lowest BCUT2D eigenvalue weighted by molar-refractivity contribution is -0.0687. The number of halogens is 1. The Morgan fingerprint density at radius 3 is 2.52 bits per heavy atom. The van der Waals surface area contributed by atoms with Crippen LogP contribution in [0.5, 0.6) is 0 Å². The third kappa shape index (κ3) is 2.84. The highest BCUT2D eigenvalue weighted by Crippen LogP contribution is 2.61. The van der Waals surface area contributed by atoms with E-state index in [-0.39, 0.29) is 11.9 Å². The third-order valence-electron chi connectivity index (χ3n) is 8.55. The number of nitrogens with one attached hydrogen (secondary N) is 1. The number of carbonyl (C=O) groups excluding carboxylic acids is 1. The molecule has 0 radical (unpaired) electrons. The van der Waals surface area contributed by atoms with Crippen LogP contribution in [0.2, 0.25) is 5.02 Å². The summed E-state index contributed by atoms with van der Waals surface area (Å²) in [5.41, 5.74) is 4.29. The number of pyridine rings is 1. The zero-order valence-corrected chi connectivity index (χ0v) is 17.9. The summed E-state index contributed by atoms with van der Waals surface area (Å²) >= 11 is 6.30. The van der Waals surface area contributed by atoms with E-state index in [9.17, 15) is 4.79 Å². The van der Waals surface area contributed by atoms with Gasteiger partial charge in [0.25, 0.3) is 5.91 Å². The SMILES string of the molecule is CC(NC(=O)c1c2c(nc3ccc(Cl)cc13)CCC2)C12CC3CC(CC(C3)C1)C2. The molecule has 152 valence electrons. The molecule has 0 aliphatic heterocycles. The summed E-state index contributed by atoms with van der Waals surface area (Å²) in [5, 5.41) is 5.06. The van der Waals surface area contributed by atoms with Crippen LogP contribution in [0.1, 0.15) is 73.5 Å². The lowest BCUT2D eigenvalue weighted by Gasteiger charge is -2.59. The first-order chi connectivity index (χ1) is 14.0. The van der Waals surface area contributed by atoms with Crippen molar-refractivity contribution in [1.29, 1.82) is 0 Å². The van der Waals surface area contributed by atoms with Crippen molar-refractivity contribution in [3.63, 3.8) is 0 Å². The summed E-state index contributed by atoms with van der Waals surface area (Å²) in [4.78, 5) is 18.5. The molecule has 4 bridgehead atoms. The van der Waals surface area contributed by atoms with Gasteiger partial charge in [-0.15, -0.1) is 0 Å². The Morgan fingerprint density at radius 2 is 1.83 bits per heavy atom. The molecule has 29 heavy (non-hydrogen) atoms. The van der Waals surface area contributed by atoms with Gasteiger partial charge in [0.05, 0.1) is 11.1 Å². The van der Waals surface area contributed by atoms with E-state index < -0.39 is 0 Å². The second-order valence-electron chi connectivity index (χ2n) is 10.4. The second-order valence-corrected chi connectivity index (χ2v) is 10.8. The van der Waals surface area contributed by atoms with Crippen molar-refractivity contribution in [1.82, 2.24) is 10.3 Å². The number of aromatic nitrogens is 1. The van der Waals surface area contributed by atoms with Gasteiger partial charge < -0.3 is 5.32 Å². The number of benzene rings is 1. The fourth-order valence-electron chi connectivity index (χ4n) is 7.62. The quantitative estimate of drug-likeness (QED) is 0.706. The van der Waals surface area contributed by atoms with Gasteiger partial charge in [0.1, 0.15) is 0 Å². The van der Waals surface area contributed by atoms with E-state index in [2.05, 4.69) is 12.2 Å². The van der Waals surface area contributed by atoms with E-state index in [1.54, 1.807) is 0 Å². The van der Waals surface area contributed by atoms with Crippen molar-refractivity contribution in [2.24, 2.45) is 23.2 Å². The minimum absolute atomic E-state index is 0.0843. The maximum atomic E-state index is 13.7. The molecule has 1 aromatic carbocycles. The van der Waals surface area contributed by atoms with Crippen molar-refractivity contribution < 1.29 is 4.79 Å². The van der Waals surface area contributed by atoms with Crippen molar-refractivity contribution in [3.05, 3.63) is 40.0 Å². The number of hydrogen-bond donors (Lipinski definition) is 1. The van der Waals surface area contributed by atoms with E-state index in [0.29, 0.717) is 10.4 Å². The first kappa shape index (κ1) is 18.2. The number of nitrogens with zero attached hydrogens (tertiary/aromatic N) is 1. The Bertz CT molecular complexity index is 978. The Kier molecular flexibility index (Phi) is 4.04. The van der Waals surface area contributed by atoms with Crippen molar-refractivity contribution in [3.8, 4) is 0 Å². The number of amides is 1. The summed E-state index contributed by atoms with van der Waals surface area (Å²) in [6.07, 6.45) is 11.2. The van der Waals surface area contributed by atoms with E-state index in [1.807, 2.05) is 18.2 Å². The predicted octanol–water partition coefficient (Wildman–Crippen LogP) is 5.71. The highest BCUT2D eigenvalue weighted by atomic mass is 35.5. The van der Waals surface area contributed by atoms with Gasteiger partial charge in [-0.3, -0.25) is 9.78 Å². The summed E-state index contributed by atoms with van der Waals surface area (Å²) in [6.45, 7) is 2.27. The fourth-order valence-corrected chi connectivity index (χ4v) is 7.80. The highest BCUT2D eigenvalue weighted by Gasteiger charge is 2.53. The molecule has 3 nitrogen and oxygen atoms in total. The van der Waals surface area contributed by atoms with Gasteiger partial charge in [0.2, 0.25) is 0 Å². The van der Waals surface area contributed by atoms with E-state index in [1.165, 1.54) is 38.5 Å². The number of rotatable bonds is 3. The second kappa shape index (κ2) is 6.44. The third-order valence-corrected chi connectivity index (χ3v) is 8.79. The molecule has 1 unspecified atom stereocenters. The molecule has 1 heterocycles. The summed E-state index contributed by atoms with van der Waals surface area (Å²) < 4.78 is 0. The van der Waals surface area contributed by atoms with E-state index in [4.69, 9.17) is 16.6 Å². The molecule has 0 spiro atoms. The van der Waals surface area contributed by atoms with Crippen molar-refractivity contribution in [2.75, 3.05) is 0 Å². The van der Waals surface area contributed by atoms with Gasteiger partial charge in [-0.1, -0.05) is 11.6 Å². The van der Waals surface area contributed by atoms with E-state index in [0.717, 1.165) is 64.7 Å². The highest BCUT2D eigenvalue weighted by molar-refractivity contribution is 6.31. The Balaban J connectivity index is 1.36. The van der Waals surface area contributed by atoms with Crippen LogP contribution < -0.4 is 5.32 Å². The maximum Gasteiger partial charge on any atom is 0.252 e. The average molecular weight is 409 g/mol. The smallest absolute Gasteiger partial charge is 0.252 e. The molecular formula is C25H29ClN2O. The molecule has 1 aromatic heterocycles. The Labute approximate surface area is 177 Å². The van der Waals surface area contributed by atoms with Crippen molar-refractivity contribution >= 4 is 28.4 Å². The molecule has 7 rings (SSSR count). The molecule has 4 saturated carbocycles. The van der Waals surface area contributed by atoms with E-state index >= 15 is 0 Å². The molecule has 1 N–H and O–H groups in total. The minimum atomic E-state index is 0.0843. The topological polar surface area (TPSA) is 42.0 Å². The van der Waals surface area contributed by atoms with Gasteiger partial charge in [-0.25, -0.2) is 0 Å². The van der Waals surface area contributed by atoms with Gasteiger partial charge >= 0.3 is 0 Å². The van der Waals surface area contributed by atoms with Gasteiger partial charge in [-0.2, -0.15) is 0 Å². The van der Waals surface area contributed by atoms with Crippen LogP contribution in [-0.4, -0.2) is 16.9 Å². The fraction of sp³-hybridized carbons (Fsp3) is 0.600. The number of carbonyl (C=O) groups is 1. The molecule has 1 amide bonds. The first-order valence-electron chi connectivity index (χ1n) is 11.4. The summed E-state index contributed by atoms with van der Waals surface area (Å²) in [6, 6.07) is 5.98. The monoisotopic (exact) mass is 408 g/mol. The van der Waals surface area contributed by atoms with Crippen molar-refractivity contribution in [2.45, 2.75) is 70.8 Å². The maximum absolute atomic E-state index is 13.7. The van der Waals surface area contributed by atoms with Crippen LogP contribution in [0.25, 0.3) is 10.9 Å². The predicted molar refractivity (Wildman–Crippen MR) is 116 cm³/mol. The van der Waals surface area contributed by atoms with Crippen LogP contribution in [0.15, 0.2) is 18.2 Å². The molecule has 1 atom stereocenters. The molecule has 0 saturated heterocycles. The van der Waals surface area contributed by atoms with Crippen LogP contribution in [0.4, 0.5) is 0 Å². The summed E-state index contributed by atoms with van der Waals surface area (Å²) in [7, 11) is 0. The minimum Gasteiger partial charge on any atom is -0.349 e. The molecule has 4 heteroatoms. The average Bonchev–Trinajstić information content (AvgIpc) is 3.12. The van der Waals surface area contributed by atoms with Crippen LogP contribution in [-0.2, 0) is 12.8 Å². The number of hydrogen-bond acceptors (Lipinski definition) is 2. The number of aryl methyl sites for hydroxylation is 1. The largest absolute Gasteiger partial charge is 0.349 e. The molecule has 4 fully saturated rings. The number of fused-ring (bicyclic) bond motifs is 2. The van der Waals surface area contributed by atoms with Crippen LogP contribution >= 0.6 is 11.6 Å². The molecular weight excluding hydrogens is 380 g/mol. The van der Waals surface area contributed by atoms with Gasteiger partial charge in [0.15, 0.2) is 0 Å². The lowest BCUT2D eigenvalue weighted by atomic mass is 9.48. The molecule has 5 aliphatic carbocycles. The van der Waals surface area contributed by atoms with Crippen LogP contribution in [0.3, 0.4) is 0 Å².